The van der Waals surface area contributed by atoms with Crippen LogP contribution in [-0.4, -0.2) is 203 Å². The Morgan fingerprint density at radius 2 is 0.773 bits per heavy atom. The maximum Gasteiger partial charge on any atom is 0.418 e. The lowest BCUT2D eigenvalue weighted by Gasteiger charge is -2.20. The monoisotopic (exact) mass is 1440 g/mol. The minimum atomic E-state index is -4.70. The van der Waals surface area contributed by atoms with E-state index in [2.05, 4.69) is 25.1 Å². The molecule has 97 heavy (non-hydrogen) atoms. The Morgan fingerprint density at radius 1 is 0.464 bits per heavy atom. The van der Waals surface area contributed by atoms with Gasteiger partial charge in [0.05, 0.1) is 64.6 Å². The van der Waals surface area contributed by atoms with E-state index in [1.54, 1.807) is 27.0 Å². The maximum atomic E-state index is 12.9. The Labute approximate surface area is 554 Å². The standard InChI is InChI=1S/C12H14F3N3O2.C11H11ClF3N3O3.C11H11ClF3N3O2.C11H12F3N3O2.C11H17N3O3/c1-6-5-16-9(4-8(6)12(13,14)15)18-10(19)7(2)17(3)11(18)20;1-5-9(19)17(10(20)18(5)21-2)8-3-6(11(13,14)15)7(12)4-16-8;1-5-9(19)18(10(20)17(5)2)8-3-6(11(13,14)15)7(12)4-16-8;1-6-4-15-8(3-7(6)11(12,13)14)17-9(18)5-16(2)10(17)19;1-11(2,3)7-5-8(12-17-7)14-9(15)6-13(4)10(14)16/h4-5,7,10,19H,1-3H3;3-5,9,19H,1-2H3;3-5,9,19H,1-2H3;3-4,9,18H,5H2,1-2H3;5,9,15H,6H2,1-4H3. The topological polar surface area (TPSA) is 306 Å². The van der Waals surface area contributed by atoms with Gasteiger partial charge in [-0.15, -0.1) is 0 Å². The number of urea groups is 5. The minimum Gasteiger partial charge on any atom is -0.371 e. The van der Waals surface area contributed by atoms with Crippen LogP contribution in [0, 0.1) is 13.8 Å². The number of hydrogen-bond acceptors (Lipinski definition) is 17. The van der Waals surface area contributed by atoms with Gasteiger partial charge in [-0.2, -0.15) is 57.7 Å². The second-order valence-electron chi connectivity index (χ2n) is 23.2. The summed E-state index contributed by atoms with van der Waals surface area (Å²) in [5.74, 6) is -0.0405. The van der Waals surface area contributed by atoms with E-state index in [-0.39, 0.29) is 58.9 Å². The van der Waals surface area contributed by atoms with E-state index in [0.29, 0.717) is 28.6 Å². The molecule has 5 aromatic heterocycles. The van der Waals surface area contributed by atoms with Crippen molar-refractivity contribution in [3.05, 3.63) is 104 Å². The summed E-state index contributed by atoms with van der Waals surface area (Å²) in [7, 11) is 7.20. The van der Waals surface area contributed by atoms with Gasteiger partial charge in [-0.05, 0) is 70.0 Å². The number of β-amino-alcohol motifs (C(OH)–C–C–N with tert-alkyl or cyclic N) is 2. The Hall–Kier alpha value is -8.34. The highest BCUT2D eigenvalue weighted by Gasteiger charge is 2.48. The number of anilines is 5. The van der Waals surface area contributed by atoms with Crippen LogP contribution < -0.4 is 24.5 Å². The quantitative estimate of drug-likeness (QED) is 0.0989. The van der Waals surface area contributed by atoms with Crippen molar-refractivity contribution in [2.24, 2.45) is 0 Å². The number of alkyl halides is 12. The van der Waals surface area contributed by atoms with Gasteiger partial charge in [0.1, 0.15) is 35.1 Å². The summed E-state index contributed by atoms with van der Waals surface area (Å²) >= 11 is 10.9. The van der Waals surface area contributed by atoms with E-state index < -0.39 is 130 Å². The van der Waals surface area contributed by atoms with Gasteiger partial charge in [-0.3, -0.25) is 4.84 Å². The molecule has 27 nitrogen and oxygen atoms in total. The van der Waals surface area contributed by atoms with Gasteiger partial charge < -0.3 is 49.7 Å². The van der Waals surface area contributed by atoms with Crippen molar-refractivity contribution >= 4 is 82.4 Å². The van der Waals surface area contributed by atoms with Crippen LogP contribution in [-0.2, 0) is 35.0 Å². The smallest absolute Gasteiger partial charge is 0.371 e. The van der Waals surface area contributed by atoms with Crippen LogP contribution in [0.5, 0.6) is 0 Å². The molecule has 8 atom stereocenters. The molecule has 0 spiro atoms. The minimum absolute atomic E-state index is 0.0236. The van der Waals surface area contributed by atoms with Crippen molar-refractivity contribution in [2.75, 3.05) is 72.9 Å². The molecule has 0 bridgehead atoms. The first-order valence-electron chi connectivity index (χ1n) is 28.3. The first-order chi connectivity index (χ1) is 44.5. The molecule has 0 saturated carbocycles. The second kappa shape index (κ2) is 29.0. The lowest BCUT2D eigenvalue weighted by molar-refractivity contribution is -0.138. The van der Waals surface area contributed by atoms with Gasteiger partial charge in [-0.1, -0.05) is 49.1 Å². The van der Waals surface area contributed by atoms with Gasteiger partial charge in [0.2, 0.25) is 0 Å². The fraction of sp³-hybridized carbons (Fsp3) is 0.500. The van der Waals surface area contributed by atoms with E-state index in [1.165, 1.54) is 73.5 Å². The van der Waals surface area contributed by atoms with Crippen molar-refractivity contribution in [2.45, 2.75) is 135 Å². The summed E-state index contributed by atoms with van der Waals surface area (Å²) in [6.45, 7) is 13.5. The van der Waals surface area contributed by atoms with Crippen LogP contribution >= 0.6 is 23.2 Å². The number of aryl methyl sites for hydroxylation is 2. The molecule has 10 amide bonds. The van der Waals surface area contributed by atoms with Crippen LogP contribution in [0.1, 0.15) is 80.7 Å². The number of carbonyl (C=O) groups is 5. The number of aliphatic hydroxyl groups is 5. The van der Waals surface area contributed by atoms with Crippen molar-refractivity contribution < 1.29 is 112 Å². The number of amides is 10. The molecule has 0 radical (unpaired) electrons. The normalized spacial score (nSPS) is 22.5. The van der Waals surface area contributed by atoms with Crippen LogP contribution in [0.25, 0.3) is 0 Å². The molecular weight excluding hydrogens is 1370 g/mol. The van der Waals surface area contributed by atoms with Crippen LogP contribution in [0.4, 0.5) is 106 Å². The molecule has 534 valence electrons. The molecule has 5 N–H and O–H groups in total. The number of halogens is 14. The molecule has 10 heterocycles. The predicted molar refractivity (Wildman–Crippen MR) is 319 cm³/mol. The summed E-state index contributed by atoms with van der Waals surface area (Å²) in [6, 6.07) is -0.252. The third-order valence-electron chi connectivity index (χ3n) is 15.4. The second-order valence-corrected chi connectivity index (χ2v) is 24.0. The molecule has 41 heteroatoms. The number of pyridine rings is 4. The first-order valence-corrected chi connectivity index (χ1v) is 29.0. The highest BCUT2D eigenvalue weighted by molar-refractivity contribution is 6.31. The van der Waals surface area contributed by atoms with E-state index in [4.69, 9.17) is 32.6 Å². The molecule has 5 aliphatic rings. The number of hydroxylamine groups is 2. The van der Waals surface area contributed by atoms with Gasteiger partial charge >= 0.3 is 54.9 Å². The number of nitrogens with zero attached hydrogens (tertiary/aromatic N) is 15. The average molecular weight is 1440 g/mol. The summed E-state index contributed by atoms with van der Waals surface area (Å²) in [4.78, 5) is 88.7. The van der Waals surface area contributed by atoms with Crippen LogP contribution in [0.2, 0.25) is 10.0 Å². The highest BCUT2D eigenvalue weighted by atomic mass is 35.5. The summed E-state index contributed by atoms with van der Waals surface area (Å²) < 4.78 is 159. The SMILES string of the molecule is CC1C(O)N(c2cc(C(F)(F)F)c(Cl)cn2)C(=O)N1C.CN1CC(O)N(c2cc(C(C)(C)C)on2)C1=O.CON1C(=O)N(c2cc(C(F)(F)F)c(Cl)cn2)C(O)C1C.Cc1cnc(N2C(=O)N(C)C(C)C2O)cc1C(F)(F)F.Cc1cnc(N2C(=O)N(C)CC2O)cc1C(F)(F)F. The summed E-state index contributed by atoms with van der Waals surface area (Å²) in [5, 5.41) is 52.8. The molecule has 5 aromatic rings. The van der Waals surface area contributed by atoms with Crippen molar-refractivity contribution in [3.63, 3.8) is 0 Å². The molecular formula is C56H65Cl2F12N15O12. The Kier molecular flexibility index (Phi) is 23.2. The zero-order valence-electron chi connectivity index (χ0n) is 53.3. The predicted octanol–water partition coefficient (Wildman–Crippen LogP) is 9.35. The number of hydrogen-bond donors (Lipinski definition) is 5. The number of aromatic nitrogens is 5. The van der Waals surface area contributed by atoms with Gasteiger partial charge in [0.15, 0.2) is 37.0 Å². The van der Waals surface area contributed by atoms with Crippen LogP contribution in [0.15, 0.2) is 59.6 Å². The van der Waals surface area contributed by atoms with E-state index in [0.717, 1.165) is 56.7 Å². The lowest BCUT2D eigenvalue weighted by atomic mass is 9.93. The zero-order valence-corrected chi connectivity index (χ0v) is 54.8. The molecule has 10 rings (SSSR count). The van der Waals surface area contributed by atoms with Gasteiger partial charge in [0.25, 0.3) is 0 Å². The molecule has 0 aliphatic carbocycles. The van der Waals surface area contributed by atoms with Gasteiger partial charge in [-0.25, -0.2) is 68.4 Å². The largest absolute Gasteiger partial charge is 0.418 e. The fourth-order valence-electron chi connectivity index (χ4n) is 9.54. The Balaban J connectivity index is 0.000000192. The lowest BCUT2D eigenvalue weighted by Crippen LogP contribution is -2.36. The molecule has 5 saturated heterocycles. The maximum absolute atomic E-state index is 12.9. The third kappa shape index (κ3) is 16.6. The van der Waals surface area contributed by atoms with Gasteiger partial charge in [0, 0.05) is 64.5 Å². The zero-order chi connectivity index (χ0) is 73.6. The van der Waals surface area contributed by atoms with E-state index in [9.17, 15) is 102 Å². The third-order valence-corrected chi connectivity index (χ3v) is 16.0. The number of aliphatic hydroxyl groups excluding tert-OH is 5. The van der Waals surface area contributed by atoms with E-state index in [1.807, 2.05) is 20.8 Å². The fourth-order valence-corrected chi connectivity index (χ4v) is 9.96. The highest BCUT2D eigenvalue weighted by Crippen LogP contribution is 2.41. The molecule has 0 aromatic carbocycles. The van der Waals surface area contributed by atoms with Crippen molar-refractivity contribution in [1.29, 1.82) is 0 Å². The van der Waals surface area contributed by atoms with Crippen molar-refractivity contribution in [1.82, 2.24) is 49.8 Å². The first kappa shape index (κ1) is 77.7. The molecule has 8 unspecified atom stereocenters. The number of likely N-dealkylation sites (N-methyl/N-ethyl adjacent to an activating group) is 4. The Morgan fingerprint density at radius 3 is 1.05 bits per heavy atom. The molecule has 5 aliphatic heterocycles. The summed E-state index contributed by atoms with van der Waals surface area (Å²) in [5.41, 5.74) is -4.24. The summed E-state index contributed by atoms with van der Waals surface area (Å²) in [6.07, 6.45) is -20.7. The number of rotatable bonds is 6. The molecule has 5 fully saturated rings. The van der Waals surface area contributed by atoms with Crippen LogP contribution in [0.3, 0.4) is 0 Å². The van der Waals surface area contributed by atoms with E-state index >= 15 is 0 Å². The van der Waals surface area contributed by atoms with Crippen molar-refractivity contribution in [3.8, 4) is 0 Å². The average Bonchev–Trinajstić information content (AvgIpc) is 1.73. The number of carbonyl (C=O) groups excluding carboxylic acids is 5. The Bertz CT molecular complexity index is 3620.